The molecule has 2 aliphatic heterocycles. The molecular weight excluding hydrogens is 563 g/mol. The van der Waals surface area contributed by atoms with Gasteiger partial charge >= 0.3 is 12.2 Å². The highest BCUT2D eigenvalue weighted by Gasteiger charge is 2.54. The number of ether oxygens (including phenoxy) is 2. The largest absolute Gasteiger partial charge is 0.444 e. The van der Waals surface area contributed by atoms with Gasteiger partial charge in [-0.15, -0.1) is 0 Å². The summed E-state index contributed by atoms with van der Waals surface area (Å²) in [6, 6.07) is 11.0. The summed E-state index contributed by atoms with van der Waals surface area (Å²) in [5, 5.41) is 12.1. The maximum Gasteiger partial charge on any atom is 0.417 e. The van der Waals surface area contributed by atoms with Gasteiger partial charge in [-0.25, -0.2) is 18.9 Å². The number of carbonyl (C=O) groups is 3. The number of amides is 3. The molecule has 2 saturated heterocycles. The number of hydrogen-bond acceptors (Lipinski definition) is 6. The molecular formula is C32H40ClFN2O6. The van der Waals surface area contributed by atoms with Crippen LogP contribution < -0.4 is 0 Å². The second-order valence-electron chi connectivity index (χ2n) is 13.2. The van der Waals surface area contributed by atoms with Crippen LogP contribution in [0.25, 0.3) is 11.1 Å². The Morgan fingerprint density at radius 3 is 2.12 bits per heavy atom. The van der Waals surface area contributed by atoms with Gasteiger partial charge in [-0.1, -0.05) is 35.9 Å². The first-order chi connectivity index (χ1) is 19.5. The number of imide groups is 1. The van der Waals surface area contributed by atoms with Gasteiger partial charge in [-0.2, -0.15) is 0 Å². The second-order valence-corrected chi connectivity index (χ2v) is 13.7. The maximum absolute atomic E-state index is 14.4. The summed E-state index contributed by atoms with van der Waals surface area (Å²) in [5.41, 5.74) is -1.00. The molecule has 8 nitrogen and oxygen atoms in total. The molecule has 10 heteroatoms. The number of rotatable bonds is 4. The molecule has 1 N–H and O–H groups in total. The molecule has 2 atom stereocenters. The quantitative estimate of drug-likeness (QED) is 0.423. The van der Waals surface area contributed by atoms with Crippen LogP contribution in [-0.2, 0) is 20.7 Å². The number of hydrogen-bond donors (Lipinski definition) is 1. The van der Waals surface area contributed by atoms with Gasteiger partial charge in [0.2, 0.25) is 5.91 Å². The molecule has 0 aromatic heterocycles. The second kappa shape index (κ2) is 11.8. The van der Waals surface area contributed by atoms with Gasteiger partial charge in [-0.3, -0.25) is 4.79 Å². The highest BCUT2D eigenvalue weighted by molar-refractivity contribution is 6.30. The molecule has 2 aliphatic rings. The van der Waals surface area contributed by atoms with Crippen molar-refractivity contribution in [3.63, 3.8) is 0 Å². The van der Waals surface area contributed by atoms with Gasteiger partial charge in [0.25, 0.3) is 0 Å². The summed E-state index contributed by atoms with van der Waals surface area (Å²) in [7, 11) is 0. The summed E-state index contributed by atoms with van der Waals surface area (Å²) in [4.78, 5) is 42.2. The Morgan fingerprint density at radius 2 is 1.55 bits per heavy atom. The van der Waals surface area contributed by atoms with Crippen molar-refractivity contribution in [3.05, 3.63) is 58.9 Å². The van der Waals surface area contributed by atoms with Gasteiger partial charge in [0.15, 0.2) is 0 Å². The molecule has 0 radical (unpaired) electrons. The summed E-state index contributed by atoms with van der Waals surface area (Å²) in [5.74, 6) is -1.71. The molecule has 0 aliphatic carbocycles. The molecule has 2 fully saturated rings. The van der Waals surface area contributed by atoms with Crippen LogP contribution in [0, 0.1) is 11.7 Å². The molecule has 2 aromatic rings. The van der Waals surface area contributed by atoms with E-state index in [4.69, 9.17) is 21.1 Å². The summed E-state index contributed by atoms with van der Waals surface area (Å²) in [6.45, 7) is 11.0. The fraction of sp³-hybridized carbons (Fsp3) is 0.531. The highest BCUT2D eigenvalue weighted by Crippen LogP contribution is 2.41. The van der Waals surface area contributed by atoms with E-state index in [2.05, 4.69) is 0 Å². The molecule has 0 spiro atoms. The van der Waals surface area contributed by atoms with Crippen LogP contribution in [0.15, 0.2) is 42.5 Å². The first-order valence-electron chi connectivity index (χ1n) is 14.3. The van der Waals surface area contributed by atoms with Crippen molar-refractivity contribution < 1.29 is 33.4 Å². The van der Waals surface area contributed by atoms with Gasteiger partial charge in [0.05, 0.1) is 11.5 Å². The summed E-state index contributed by atoms with van der Waals surface area (Å²) >= 11 is 6.06. The van der Waals surface area contributed by atoms with Gasteiger partial charge in [0, 0.05) is 29.7 Å². The van der Waals surface area contributed by atoms with E-state index < -0.39 is 52.7 Å². The zero-order valence-electron chi connectivity index (χ0n) is 25.1. The van der Waals surface area contributed by atoms with Crippen LogP contribution in [-0.4, -0.2) is 68.9 Å². The molecule has 2 aromatic carbocycles. The third-order valence-corrected chi connectivity index (χ3v) is 7.83. The van der Waals surface area contributed by atoms with Crippen LogP contribution in [0.3, 0.4) is 0 Å². The lowest BCUT2D eigenvalue weighted by Gasteiger charge is -2.41. The Hall–Kier alpha value is -3.17. The number of halogens is 2. The Kier molecular flexibility index (Phi) is 8.95. The highest BCUT2D eigenvalue weighted by atomic mass is 35.5. The lowest BCUT2D eigenvalue weighted by atomic mass is 9.77. The third-order valence-electron chi connectivity index (χ3n) is 7.59. The molecule has 228 valence electrons. The van der Waals surface area contributed by atoms with E-state index in [0.717, 1.165) is 10.5 Å². The Bertz CT molecular complexity index is 1330. The van der Waals surface area contributed by atoms with E-state index in [0.29, 0.717) is 22.6 Å². The number of likely N-dealkylation sites (tertiary alicyclic amines) is 2. The number of aliphatic hydroxyl groups is 1. The SMILES string of the molecule is CC(C)(C)OC(=O)N1CCC(O)(C2CC(Cc3ccc(-c4cc(Cl)ccc4F)cc3)N(C(=O)OC(C)(C)C)C2=O)CC1. The van der Waals surface area contributed by atoms with Crippen LogP contribution in [0.2, 0.25) is 5.02 Å². The molecule has 2 heterocycles. The smallest absolute Gasteiger partial charge is 0.417 e. The van der Waals surface area contributed by atoms with Crippen LogP contribution in [0.5, 0.6) is 0 Å². The Labute approximate surface area is 251 Å². The predicted molar refractivity (Wildman–Crippen MR) is 158 cm³/mol. The van der Waals surface area contributed by atoms with Crippen molar-refractivity contribution in [1.82, 2.24) is 9.80 Å². The molecule has 42 heavy (non-hydrogen) atoms. The average molecular weight is 603 g/mol. The number of carbonyl (C=O) groups excluding carboxylic acids is 3. The number of piperidine rings is 1. The van der Waals surface area contributed by atoms with E-state index in [1.54, 1.807) is 59.7 Å². The van der Waals surface area contributed by atoms with Crippen molar-refractivity contribution in [2.45, 2.75) is 90.1 Å². The molecule has 2 unspecified atom stereocenters. The van der Waals surface area contributed by atoms with Crippen molar-refractivity contribution in [2.75, 3.05) is 13.1 Å². The Balaban J connectivity index is 1.53. The van der Waals surface area contributed by atoms with Crippen LogP contribution >= 0.6 is 11.6 Å². The maximum atomic E-state index is 14.4. The fourth-order valence-electron chi connectivity index (χ4n) is 5.56. The van der Waals surface area contributed by atoms with E-state index in [1.807, 2.05) is 12.1 Å². The van der Waals surface area contributed by atoms with E-state index in [1.165, 1.54) is 17.0 Å². The van der Waals surface area contributed by atoms with Gasteiger partial charge in [0.1, 0.15) is 17.0 Å². The van der Waals surface area contributed by atoms with Crippen LogP contribution in [0.4, 0.5) is 14.0 Å². The van der Waals surface area contributed by atoms with Crippen molar-refractivity contribution in [2.24, 2.45) is 5.92 Å². The van der Waals surface area contributed by atoms with E-state index in [-0.39, 0.29) is 32.4 Å². The van der Waals surface area contributed by atoms with E-state index in [9.17, 15) is 23.9 Å². The molecule has 0 saturated carbocycles. The monoisotopic (exact) mass is 602 g/mol. The average Bonchev–Trinajstić information content (AvgIpc) is 3.21. The third kappa shape index (κ3) is 7.42. The zero-order chi connectivity index (χ0) is 31.0. The molecule has 3 amide bonds. The van der Waals surface area contributed by atoms with Crippen LogP contribution in [0.1, 0.15) is 66.4 Å². The molecule has 0 bridgehead atoms. The van der Waals surface area contributed by atoms with E-state index >= 15 is 0 Å². The van der Waals surface area contributed by atoms with Crippen molar-refractivity contribution >= 4 is 29.7 Å². The normalized spacial score (nSPS) is 20.9. The minimum atomic E-state index is -1.39. The Morgan fingerprint density at radius 1 is 0.976 bits per heavy atom. The number of benzene rings is 2. The standard InChI is InChI=1S/C32H40ClFN2O6/c1-30(2,3)41-28(38)35-15-13-32(40,14-16-35)25-19-23(36(27(25)37)29(39)42-31(4,5)6)17-20-7-9-21(10-8-20)24-18-22(33)11-12-26(24)34/h7-12,18,23,25,40H,13-17,19H2,1-6H3. The van der Waals surface area contributed by atoms with Gasteiger partial charge < -0.3 is 19.5 Å². The first-order valence-corrected chi connectivity index (χ1v) is 14.6. The minimum absolute atomic E-state index is 0.178. The lowest BCUT2D eigenvalue weighted by Crippen LogP contribution is -2.53. The first kappa shape index (κ1) is 31.8. The fourth-order valence-corrected chi connectivity index (χ4v) is 5.73. The summed E-state index contributed by atoms with van der Waals surface area (Å²) in [6.07, 6.45) is -0.287. The predicted octanol–water partition coefficient (Wildman–Crippen LogP) is 6.60. The number of nitrogens with zero attached hydrogens (tertiary/aromatic N) is 2. The minimum Gasteiger partial charge on any atom is -0.444 e. The van der Waals surface area contributed by atoms with Crippen molar-refractivity contribution in [3.8, 4) is 11.1 Å². The summed E-state index contributed by atoms with van der Waals surface area (Å²) < 4.78 is 25.4. The topological polar surface area (TPSA) is 96.4 Å². The van der Waals surface area contributed by atoms with Crippen molar-refractivity contribution in [1.29, 1.82) is 0 Å². The lowest BCUT2D eigenvalue weighted by molar-refractivity contribution is -0.141. The van der Waals surface area contributed by atoms with Gasteiger partial charge in [-0.05, 0) is 96.6 Å². The molecule has 4 rings (SSSR count). The zero-order valence-corrected chi connectivity index (χ0v) is 25.8.